The fraction of sp³-hybridized carbons (Fsp3) is 0.625. The van der Waals surface area contributed by atoms with Crippen LogP contribution in [0.5, 0.6) is 5.75 Å². The fourth-order valence-corrected chi connectivity index (χ4v) is 2.63. The van der Waals surface area contributed by atoms with Gasteiger partial charge in [-0.2, -0.15) is 0 Å². The highest BCUT2D eigenvalue weighted by Gasteiger charge is 2.11. The van der Waals surface area contributed by atoms with Crippen molar-refractivity contribution >= 4 is 15.9 Å². The van der Waals surface area contributed by atoms with Gasteiger partial charge < -0.3 is 14.2 Å². The Bertz CT molecular complexity index is 357. The third-order valence-electron chi connectivity index (χ3n) is 3.23. The van der Waals surface area contributed by atoms with Crippen molar-refractivity contribution in [2.75, 3.05) is 39.4 Å². The van der Waals surface area contributed by atoms with Crippen LogP contribution in [0, 0.1) is 5.92 Å². The van der Waals surface area contributed by atoms with Gasteiger partial charge in [0.25, 0.3) is 0 Å². The highest BCUT2D eigenvalue weighted by atomic mass is 79.9. The number of ether oxygens (including phenoxy) is 3. The molecule has 114 valence electrons. The molecule has 0 N–H and O–H groups in total. The number of hydrogen-bond acceptors (Lipinski definition) is 3. The van der Waals surface area contributed by atoms with Gasteiger partial charge in [0.2, 0.25) is 0 Å². The number of methoxy groups -OCH3 is 2. The zero-order valence-corrected chi connectivity index (χ0v) is 14.0. The van der Waals surface area contributed by atoms with Crippen LogP contribution >= 0.6 is 15.9 Å². The minimum atomic E-state index is 0.564. The lowest BCUT2D eigenvalue weighted by atomic mass is 9.98. The van der Waals surface area contributed by atoms with Gasteiger partial charge in [-0.05, 0) is 36.8 Å². The predicted octanol–water partition coefficient (Wildman–Crippen LogP) is 3.69. The average molecular weight is 345 g/mol. The van der Waals surface area contributed by atoms with Crippen LogP contribution in [0.25, 0.3) is 0 Å². The van der Waals surface area contributed by atoms with Gasteiger partial charge in [0.1, 0.15) is 5.75 Å². The number of benzene rings is 1. The lowest BCUT2D eigenvalue weighted by Crippen LogP contribution is -2.11. The summed E-state index contributed by atoms with van der Waals surface area (Å²) in [6.07, 6.45) is 3.02. The summed E-state index contributed by atoms with van der Waals surface area (Å²) >= 11 is 3.60. The maximum atomic E-state index is 5.63. The Morgan fingerprint density at radius 1 is 1.10 bits per heavy atom. The van der Waals surface area contributed by atoms with Crippen molar-refractivity contribution in [3.05, 3.63) is 29.8 Å². The first kappa shape index (κ1) is 17.5. The highest BCUT2D eigenvalue weighted by molar-refractivity contribution is 9.09. The molecule has 0 aliphatic carbocycles. The lowest BCUT2D eigenvalue weighted by Gasteiger charge is -2.16. The number of alkyl halides is 1. The van der Waals surface area contributed by atoms with Crippen LogP contribution in [0.15, 0.2) is 24.3 Å². The van der Waals surface area contributed by atoms with E-state index in [-0.39, 0.29) is 0 Å². The smallest absolute Gasteiger partial charge is 0.122 e. The van der Waals surface area contributed by atoms with Gasteiger partial charge in [0.15, 0.2) is 0 Å². The predicted molar refractivity (Wildman–Crippen MR) is 85.9 cm³/mol. The number of para-hydroxylation sites is 1. The molecular formula is C16H25BrO3. The van der Waals surface area contributed by atoms with Gasteiger partial charge >= 0.3 is 0 Å². The van der Waals surface area contributed by atoms with E-state index in [0.717, 1.165) is 50.2 Å². The van der Waals surface area contributed by atoms with E-state index >= 15 is 0 Å². The molecule has 0 amide bonds. The molecule has 1 aromatic rings. The monoisotopic (exact) mass is 344 g/mol. The Balaban J connectivity index is 2.31. The van der Waals surface area contributed by atoms with Gasteiger partial charge in [-0.3, -0.25) is 0 Å². The highest BCUT2D eigenvalue weighted by Crippen LogP contribution is 2.23. The molecule has 4 heteroatoms. The summed E-state index contributed by atoms with van der Waals surface area (Å²) in [6.45, 7) is 2.34. The van der Waals surface area contributed by atoms with Crippen LogP contribution in [0.1, 0.15) is 18.4 Å². The molecule has 0 saturated carbocycles. The van der Waals surface area contributed by atoms with Gasteiger partial charge in [0, 0.05) is 32.3 Å². The van der Waals surface area contributed by atoms with Crippen LogP contribution in [0.3, 0.4) is 0 Å². The first-order chi connectivity index (χ1) is 9.81. The summed E-state index contributed by atoms with van der Waals surface area (Å²) in [5, 5.41) is 0.979. The summed E-state index contributed by atoms with van der Waals surface area (Å²) in [6, 6.07) is 8.21. The van der Waals surface area contributed by atoms with Gasteiger partial charge in [-0.25, -0.2) is 0 Å². The SMILES string of the molecule is COCCCOCCC(CBr)Cc1ccccc1OC. The third-order valence-corrected chi connectivity index (χ3v) is 4.14. The molecule has 0 bridgehead atoms. The summed E-state index contributed by atoms with van der Waals surface area (Å²) < 4.78 is 16.0. The van der Waals surface area contributed by atoms with Crippen molar-refractivity contribution in [1.29, 1.82) is 0 Å². The number of hydrogen-bond donors (Lipinski definition) is 0. The fourth-order valence-electron chi connectivity index (χ4n) is 2.07. The molecule has 0 aliphatic heterocycles. The van der Waals surface area contributed by atoms with E-state index < -0.39 is 0 Å². The van der Waals surface area contributed by atoms with Crippen LogP contribution in [-0.2, 0) is 15.9 Å². The summed E-state index contributed by atoms with van der Waals surface area (Å²) in [5.41, 5.74) is 1.26. The largest absolute Gasteiger partial charge is 0.496 e. The van der Waals surface area contributed by atoms with Crippen molar-refractivity contribution < 1.29 is 14.2 Å². The van der Waals surface area contributed by atoms with E-state index in [2.05, 4.69) is 28.1 Å². The van der Waals surface area contributed by atoms with Crippen LogP contribution in [-0.4, -0.2) is 39.4 Å². The molecular weight excluding hydrogens is 320 g/mol. The lowest BCUT2D eigenvalue weighted by molar-refractivity contribution is 0.0952. The quantitative estimate of drug-likeness (QED) is 0.452. The van der Waals surface area contributed by atoms with Crippen LogP contribution in [0.2, 0.25) is 0 Å². The van der Waals surface area contributed by atoms with E-state index in [0.29, 0.717) is 5.92 Å². The van der Waals surface area contributed by atoms with Crippen LogP contribution < -0.4 is 4.74 Å². The Morgan fingerprint density at radius 2 is 1.90 bits per heavy atom. The van der Waals surface area contributed by atoms with E-state index in [1.165, 1.54) is 5.56 Å². The minimum absolute atomic E-state index is 0.564. The van der Waals surface area contributed by atoms with Crippen molar-refractivity contribution in [2.24, 2.45) is 5.92 Å². The minimum Gasteiger partial charge on any atom is -0.496 e. The molecule has 0 spiro atoms. The molecule has 1 unspecified atom stereocenters. The first-order valence-corrected chi connectivity index (χ1v) is 8.18. The Kier molecular flexibility index (Phi) is 9.71. The van der Waals surface area contributed by atoms with Gasteiger partial charge in [0.05, 0.1) is 7.11 Å². The van der Waals surface area contributed by atoms with Crippen LogP contribution in [0.4, 0.5) is 0 Å². The van der Waals surface area contributed by atoms with Crippen molar-refractivity contribution in [1.82, 2.24) is 0 Å². The molecule has 0 fully saturated rings. The third kappa shape index (κ3) is 6.73. The average Bonchev–Trinajstić information content (AvgIpc) is 2.50. The molecule has 0 heterocycles. The van der Waals surface area contributed by atoms with E-state index in [9.17, 15) is 0 Å². The molecule has 0 saturated heterocycles. The zero-order chi connectivity index (χ0) is 14.6. The number of rotatable bonds is 11. The summed E-state index contributed by atoms with van der Waals surface area (Å²) in [7, 11) is 3.44. The van der Waals surface area contributed by atoms with E-state index in [1.54, 1.807) is 14.2 Å². The van der Waals surface area contributed by atoms with E-state index in [4.69, 9.17) is 14.2 Å². The molecule has 20 heavy (non-hydrogen) atoms. The van der Waals surface area contributed by atoms with Gasteiger partial charge in [-0.1, -0.05) is 34.1 Å². The van der Waals surface area contributed by atoms with Crippen molar-refractivity contribution in [3.63, 3.8) is 0 Å². The summed E-state index contributed by atoms with van der Waals surface area (Å²) in [4.78, 5) is 0. The normalized spacial score (nSPS) is 12.3. The zero-order valence-electron chi connectivity index (χ0n) is 12.4. The first-order valence-electron chi connectivity index (χ1n) is 7.06. The van der Waals surface area contributed by atoms with Gasteiger partial charge in [-0.15, -0.1) is 0 Å². The van der Waals surface area contributed by atoms with Crippen molar-refractivity contribution in [3.8, 4) is 5.75 Å². The van der Waals surface area contributed by atoms with Crippen molar-refractivity contribution in [2.45, 2.75) is 19.3 Å². The maximum absolute atomic E-state index is 5.63. The maximum Gasteiger partial charge on any atom is 0.122 e. The second kappa shape index (κ2) is 11.1. The second-order valence-electron chi connectivity index (χ2n) is 4.78. The summed E-state index contributed by atoms with van der Waals surface area (Å²) in [5.74, 6) is 1.54. The molecule has 0 aliphatic rings. The molecule has 3 nitrogen and oxygen atoms in total. The van der Waals surface area contributed by atoms with E-state index in [1.807, 2.05) is 12.1 Å². The Morgan fingerprint density at radius 3 is 2.60 bits per heavy atom. The molecule has 1 rings (SSSR count). The topological polar surface area (TPSA) is 27.7 Å². The molecule has 1 aromatic carbocycles. The molecule has 0 radical (unpaired) electrons. The standard InChI is InChI=1S/C16H25BrO3/c1-18-9-5-10-20-11-8-14(13-17)12-15-6-3-4-7-16(15)19-2/h3-4,6-7,14H,5,8-13H2,1-2H3. The Labute approximate surface area is 130 Å². The number of halogens is 1. The molecule has 0 aromatic heterocycles. The second-order valence-corrected chi connectivity index (χ2v) is 5.43. The molecule has 1 atom stereocenters. The Hall–Kier alpha value is -0.580.